The summed E-state index contributed by atoms with van der Waals surface area (Å²) in [6.45, 7) is 6.40. The van der Waals surface area contributed by atoms with Gasteiger partial charge < -0.3 is 5.32 Å². The fraction of sp³-hybridized carbons (Fsp3) is 0.500. The van der Waals surface area contributed by atoms with E-state index in [0.29, 0.717) is 5.92 Å². The Morgan fingerprint density at radius 3 is 3.10 bits per heavy atom. The van der Waals surface area contributed by atoms with Gasteiger partial charge >= 0.3 is 0 Å². The molecular weight excluding hydrogens is 248 g/mol. The fourth-order valence-electron chi connectivity index (χ4n) is 3.09. The zero-order valence-corrected chi connectivity index (χ0v) is 12.2. The molecule has 3 rings (SSSR count). The first-order chi connectivity index (χ1) is 9.75. The van der Waals surface area contributed by atoms with Crippen LogP contribution in [-0.2, 0) is 6.54 Å². The lowest BCUT2D eigenvalue weighted by Gasteiger charge is -2.28. The summed E-state index contributed by atoms with van der Waals surface area (Å²) in [6.07, 6.45) is 6.94. The normalized spacial score (nSPS) is 23.0. The van der Waals surface area contributed by atoms with Crippen LogP contribution in [0.4, 0.5) is 0 Å². The van der Waals surface area contributed by atoms with Crippen LogP contribution in [0.2, 0.25) is 0 Å². The number of fused-ring (bicyclic) bond motifs is 1. The molecule has 1 N–H and O–H groups in total. The summed E-state index contributed by atoms with van der Waals surface area (Å²) in [5.41, 5.74) is 2.44. The molecule has 4 heteroatoms. The van der Waals surface area contributed by atoms with Gasteiger partial charge in [-0.15, -0.1) is 10.2 Å². The van der Waals surface area contributed by atoms with Crippen molar-refractivity contribution in [3.63, 3.8) is 0 Å². The van der Waals surface area contributed by atoms with Crippen LogP contribution < -0.4 is 5.32 Å². The van der Waals surface area contributed by atoms with Crippen molar-refractivity contribution < 1.29 is 0 Å². The number of hydrogen-bond acceptors (Lipinski definition) is 3. The molecular formula is C16H22N4. The molecule has 0 unspecified atom stereocenters. The van der Waals surface area contributed by atoms with Crippen LogP contribution in [0.5, 0.6) is 0 Å². The van der Waals surface area contributed by atoms with Crippen LogP contribution in [0.15, 0.2) is 36.0 Å². The Morgan fingerprint density at radius 1 is 1.35 bits per heavy atom. The first kappa shape index (κ1) is 13.3. The Morgan fingerprint density at radius 2 is 2.25 bits per heavy atom. The molecule has 2 atom stereocenters. The maximum atomic E-state index is 4.25. The van der Waals surface area contributed by atoms with E-state index in [1.54, 1.807) is 0 Å². The van der Waals surface area contributed by atoms with E-state index in [4.69, 9.17) is 0 Å². The van der Waals surface area contributed by atoms with E-state index in [1.807, 2.05) is 28.8 Å². The van der Waals surface area contributed by atoms with Crippen molar-refractivity contribution in [3.05, 3.63) is 41.9 Å². The lowest BCUT2D eigenvalue weighted by atomic mass is 9.80. The average Bonchev–Trinajstić information content (AvgIpc) is 2.86. The molecule has 2 aromatic heterocycles. The molecule has 106 valence electrons. The van der Waals surface area contributed by atoms with E-state index < -0.39 is 0 Å². The van der Waals surface area contributed by atoms with Gasteiger partial charge in [0, 0.05) is 12.7 Å². The van der Waals surface area contributed by atoms with Gasteiger partial charge in [0.2, 0.25) is 0 Å². The van der Waals surface area contributed by atoms with Gasteiger partial charge in [-0.25, -0.2) is 0 Å². The van der Waals surface area contributed by atoms with Gasteiger partial charge in [-0.05, 0) is 43.7 Å². The molecule has 0 saturated heterocycles. The quantitative estimate of drug-likeness (QED) is 0.869. The van der Waals surface area contributed by atoms with Gasteiger partial charge in [0.15, 0.2) is 11.5 Å². The molecule has 0 saturated carbocycles. The maximum absolute atomic E-state index is 4.25. The lowest BCUT2D eigenvalue weighted by molar-refractivity contribution is 0.348. The highest BCUT2D eigenvalue weighted by molar-refractivity contribution is 5.36. The van der Waals surface area contributed by atoms with Crippen molar-refractivity contribution >= 4 is 5.65 Å². The van der Waals surface area contributed by atoms with Crippen LogP contribution in [0.3, 0.4) is 0 Å². The van der Waals surface area contributed by atoms with Crippen molar-refractivity contribution in [2.24, 2.45) is 11.8 Å². The second-order valence-corrected chi connectivity index (χ2v) is 5.79. The SMILES string of the molecule is CC1=CCC[C@@H](C)[C@@H]1CNCc1nnc2ccccn12. The molecule has 20 heavy (non-hydrogen) atoms. The minimum absolute atomic E-state index is 0.655. The Balaban J connectivity index is 1.62. The van der Waals surface area contributed by atoms with Crippen LogP contribution in [0.1, 0.15) is 32.5 Å². The molecule has 0 fully saturated rings. The van der Waals surface area contributed by atoms with Crippen molar-refractivity contribution in [1.29, 1.82) is 0 Å². The lowest BCUT2D eigenvalue weighted by Crippen LogP contribution is -2.29. The first-order valence-electron chi connectivity index (χ1n) is 7.41. The minimum Gasteiger partial charge on any atom is -0.309 e. The maximum Gasteiger partial charge on any atom is 0.160 e. The number of allylic oxidation sites excluding steroid dienone is 1. The number of rotatable bonds is 4. The van der Waals surface area contributed by atoms with E-state index in [2.05, 4.69) is 35.4 Å². The predicted molar refractivity (Wildman–Crippen MR) is 80.3 cm³/mol. The van der Waals surface area contributed by atoms with Gasteiger partial charge in [0.25, 0.3) is 0 Å². The summed E-state index contributed by atoms with van der Waals surface area (Å²) in [5, 5.41) is 12.0. The molecule has 2 aromatic rings. The monoisotopic (exact) mass is 270 g/mol. The summed E-state index contributed by atoms with van der Waals surface area (Å²) in [6, 6.07) is 5.97. The van der Waals surface area contributed by atoms with Crippen molar-refractivity contribution in [1.82, 2.24) is 19.9 Å². The molecule has 0 aliphatic heterocycles. The molecule has 0 amide bonds. The molecule has 0 aromatic carbocycles. The van der Waals surface area contributed by atoms with Crippen LogP contribution in [0.25, 0.3) is 5.65 Å². The zero-order valence-electron chi connectivity index (χ0n) is 12.2. The van der Waals surface area contributed by atoms with E-state index in [1.165, 1.54) is 18.4 Å². The Bertz CT molecular complexity index is 614. The fourth-order valence-corrected chi connectivity index (χ4v) is 3.09. The summed E-state index contributed by atoms with van der Waals surface area (Å²) in [4.78, 5) is 0. The van der Waals surface area contributed by atoms with Crippen LogP contribution in [-0.4, -0.2) is 21.1 Å². The first-order valence-corrected chi connectivity index (χ1v) is 7.41. The van der Waals surface area contributed by atoms with Gasteiger partial charge in [0.05, 0.1) is 6.54 Å². The molecule has 4 nitrogen and oxygen atoms in total. The highest BCUT2D eigenvalue weighted by atomic mass is 15.3. The van der Waals surface area contributed by atoms with Gasteiger partial charge in [-0.1, -0.05) is 24.6 Å². The number of hydrogen-bond donors (Lipinski definition) is 1. The molecule has 1 aliphatic carbocycles. The smallest absolute Gasteiger partial charge is 0.160 e. The highest BCUT2D eigenvalue weighted by Gasteiger charge is 2.21. The second kappa shape index (κ2) is 5.75. The van der Waals surface area contributed by atoms with Gasteiger partial charge in [-0.2, -0.15) is 0 Å². The number of pyridine rings is 1. The number of nitrogens with zero attached hydrogens (tertiary/aromatic N) is 3. The van der Waals surface area contributed by atoms with E-state index in [0.717, 1.165) is 30.5 Å². The third-order valence-electron chi connectivity index (χ3n) is 4.39. The second-order valence-electron chi connectivity index (χ2n) is 5.79. The topological polar surface area (TPSA) is 42.2 Å². The van der Waals surface area contributed by atoms with E-state index in [9.17, 15) is 0 Å². The summed E-state index contributed by atoms with van der Waals surface area (Å²) < 4.78 is 2.04. The van der Waals surface area contributed by atoms with Crippen LogP contribution >= 0.6 is 0 Å². The average molecular weight is 270 g/mol. The molecule has 2 heterocycles. The van der Waals surface area contributed by atoms with Crippen molar-refractivity contribution in [3.8, 4) is 0 Å². The summed E-state index contributed by atoms with van der Waals surface area (Å²) in [5.74, 6) is 2.40. The summed E-state index contributed by atoms with van der Waals surface area (Å²) >= 11 is 0. The molecule has 1 aliphatic rings. The third-order valence-corrected chi connectivity index (χ3v) is 4.39. The van der Waals surface area contributed by atoms with E-state index >= 15 is 0 Å². The predicted octanol–water partition coefficient (Wildman–Crippen LogP) is 2.81. The third kappa shape index (κ3) is 2.61. The Labute approximate surface area is 119 Å². The molecule has 0 bridgehead atoms. The largest absolute Gasteiger partial charge is 0.309 e. The molecule has 0 radical (unpaired) electrons. The molecule has 0 spiro atoms. The number of aromatic nitrogens is 3. The number of nitrogens with one attached hydrogen (secondary N) is 1. The van der Waals surface area contributed by atoms with Gasteiger partial charge in [0.1, 0.15) is 0 Å². The van der Waals surface area contributed by atoms with Crippen molar-refractivity contribution in [2.45, 2.75) is 33.2 Å². The minimum atomic E-state index is 0.655. The van der Waals surface area contributed by atoms with Crippen LogP contribution in [0, 0.1) is 11.8 Å². The van der Waals surface area contributed by atoms with Gasteiger partial charge in [-0.3, -0.25) is 4.40 Å². The standard InChI is InChI=1S/C16H22N4/c1-12-6-5-7-13(2)14(12)10-17-11-16-19-18-15-8-3-4-9-20(15)16/h3-4,6,8-9,13-14,17H,5,7,10-11H2,1-2H3/t13-,14-/m1/s1. The zero-order chi connectivity index (χ0) is 13.9. The highest BCUT2D eigenvalue weighted by Crippen LogP contribution is 2.29. The van der Waals surface area contributed by atoms with E-state index in [-0.39, 0.29) is 0 Å². The summed E-state index contributed by atoms with van der Waals surface area (Å²) in [7, 11) is 0. The van der Waals surface area contributed by atoms with Crippen molar-refractivity contribution in [2.75, 3.05) is 6.54 Å². The Hall–Kier alpha value is -1.68. The Kier molecular flexibility index (Phi) is 3.83.